The molecule has 1 aliphatic carbocycles. The smallest absolute Gasteiger partial charge is 0.420 e. The number of rotatable bonds is 5. The van der Waals surface area contributed by atoms with Gasteiger partial charge in [-0.3, -0.25) is 10.00 Å². The highest BCUT2D eigenvalue weighted by Crippen LogP contribution is 2.49. The number of benzene rings is 1. The molecule has 0 radical (unpaired) electrons. The normalized spacial score (nSPS) is 18.9. The van der Waals surface area contributed by atoms with Crippen molar-refractivity contribution < 1.29 is 19.1 Å². The number of carbonyl (C=O) groups is 2. The lowest BCUT2D eigenvalue weighted by Crippen LogP contribution is -2.47. The molecule has 10 nitrogen and oxygen atoms in total. The van der Waals surface area contributed by atoms with Crippen LogP contribution in [-0.4, -0.2) is 44.8 Å². The third-order valence-electron chi connectivity index (χ3n) is 8.62. The van der Waals surface area contributed by atoms with Crippen molar-refractivity contribution in [3.63, 3.8) is 0 Å². The van der Waals surface area contributed by atoms with Crippen molar-refractivity contribution in [2.45, 2.75) is 66.9 Å². The van der Waals surface area contributed by atoms with E-state index in [1.165, 1.54) is 16.5 Å². The first kappa shape index (κ1) is 30.8. The molecule has 1 aromatic carbocycles. The van der Waals surface area contributed by atoms with Gasteiger partial charge in [-0.25, -0.2) is 28.9 Å². The Morgan fingerprint density at radius 1 is 1.00 bits per heavy atom. The Morgan fingerprint density at radius 2 is 1.64 bits per heavy atom. The zero-order chi connectivity index (χ0) is 31.8. The highest BCUT2D eigenvalue weighted by Gasteiger charge is 2.47. The number of nitrogens with one attached hydrogen (secondary N) is 1. The Hall–Kier alpha value is -4.65. The number of nitrogens with zero attached hydrogens (tertiary/aromatic N) is 5. The van der Waals surface area contributed by atoms with Crippen molar-refractivity contribution >= 4 is 29.2 Å². The highest BCUT2D eigenvalue weighted by molar-refractivity contribution is 6.05. The minimum absolute atomic E-state index is 0.0346. The first-order chi connectivity index (χ1) is 20.8. The van der Waals surface area contributed by atoms with Gasteiger partial charge in [0.1, 0.15) is 17.5 Å². The number of ether oxygens (including phenoxy) is 2. The van der Waals surface area contributed by atoms with Crippen LogP contribution in [0.3, 0.4) is 0 Å². The van der Waals surface area contributed by atoms with Gasteiger partial charge in [-0.2, -0.15) is 0 Å². The molecule has 3 aromatic heterocycles. The van der Waals surface area contributed by atoms with Crippen LogP contribution in [-0.2, 0) is 4.74 Å². The monoisotopic (exact) mass is 596 g/mol. The number of hydrogen-bond donors (Lipinski definition) is 1. The quantitative estimate of drug-likeness (QED) is 0.185. The maximum atomic E-state index is 14.3. The average molecular weight is 597 g/mol. The van der Waals surface area contributed by atoms with Crippen LogP contribution in [0.5, 0.6) is 5.88 Å². The van der Waals surface area contributed by atoms with E-state index < -0.39 is 12.1 Å². The second-order valence-electron chi connectivity index (χ2n) is 13.6. The van der Waals surface area contributed by atoms with E-state index in [1.807, 2.05) is 30.3 Å². The van der Waals surface area contributed by atoms with Crippen LogP contribution in [0.4, 0.5) is 16.3 Å². The van der Waals surface area contributed by atoms with Gasteiger partial charge in [0.25, 0.3) is 5.69 Å². The van der Waals surface area contributed by atoms with Gasteiger partial charge in [-0.1, -0.05) is 84.4 Å². The molecule has 1 fully saturated rings. The van der Waals surface area contributed by atoms with E-state index in [2.05, 4.69) is 56.5 Å². The molecule has 0 saturated heterocycles. The Balaban J connectivity index is 1.61. The summed E-state index contributed by atoms with van der Waals surface area (Å²) in [5.41, 5.74) is 0.530. The van der Waals surface area contributed by atoms with Crippen LogP contribution in [0.2, 0.25) is 0 Å². The van der Waals surface area contributed by atoms with Crippen molar-refractivity contribution in [1.29, 1.82) is 0 Å². The van der Waals surface area contributed by atoms with Crippen molar-refractivity contribution in [2.75, 3.05) is 11.9 Å². The zero-order valence-corrected chi connectivity index (χ0v) is 26.4. The van der Waals surface area contributed by atoms with Crippen LogP contribution in [0.25, 0.3) is 21.9 Å². The molecule has 1 saturated carbocycles. The van der Waals surface area contributed by atoms with E-state index in [4.69, 9.17) is 21.0 Å². The molecule has 4 aromatic rings. The standard InChI is InChI=1S/C34H40N6O4/c1-33(2,3)22-17-14-18-23(34(4,5)6)27(22)43-31(41)25-26(35-7)30(44-32(42)39(8)24-19-12-13-20-36-24)40-29(25)37-28(38-40)21-15-10-9-11-16-21/h9-13,15-16,19-20,22-23,27H,14,17-18H2,1-6,8H3,(H,37,38). The fraction of sp³-hybridized carbons (Fsp3) is 0.441. The molecular formula is C34H40N6O4. The van der Waals surface area contributed by atoms with E-state index in [-0.39, 0.29) is 51.5 Å². The second-order valence-corrected chi connectivity index (χ2v) is 13.6. The predicted molar refractivity (Wildman–Crippen MR) is 169 cm³/mol. The lowest BCUT2D eigenvalue weighted by Gasteiger charge is -2.48. The first-order valence-corrected chi connectivity index (χ1v) is 15.0. The number of hydrogen-bond acceptors (Lipinski definition) is 6. The van der Waals surface area contributed by atoms with Gasteiger partial charge in [-0.05, 0) is 35.8 Å². The summed E-state index contributed by atoms with van der Waals surface area (Å²) >= 11 is 0. The summed E-state index contributed by atoms with van der Waals surface area (Å²) in [7, 11) is 1.52. The van der Waals surface area contributed by atoms with Crippen molar-refractivity contribution in [2.24, 2.45) is 22.7 Å². The molecule has 1 N–H and O–H groups in total. The maximum absolute atomic E-state index is 14.3. The number of amides is 1. The number of anilines is 1. The highest BCUT2D eigenvalue weighted by atomic mass is 16.6. The molecule has 0 spiro atoms. The molecule has 44 heavy (non-hydrogen) atoms. The molecule has 2 unspecified atom stereocenters. The SMILES string of the molecule is [C-]#[N+]c1c(C(=O)OC2C(C(C)(C)C)CCCC2C(C)(C)C)c2nc(-c3ccccc3)[nH]n2c1OC(=O)N(C)c1ccccn1. The maximum Gasteiger partial charge on any atom is 0.420 e. The number of H-pyrrole nitrogens is 1. The Bertz CT molecular complexity index is 1670. The van der Waals surface area contributed by atoms with Crippen LogP contribution in [0, 0.1) is 29.2 Å². The summed E-state index contributed by atoms with van der Waals surface area (Å²) in [4.78, 5) is 41.4. The molecule has 230 valence electrons. The Morgan fingerprint density at radius 3 is 2.20 bits per heavy atom. The lowest BCUT2D eigenvalue weighted by molar-refractivity contribution is -0.0802. The van der Waals surface area contributed by atoms with E-state index in [1.54, 1.807) is 24.4 Å². The van der Waals surface area contributed by atoms with Crippen LogP contribution in [0.1, 0.15) is 71.2 Å². The molecule has 0 aliphatic heterocycles. The Kier molecular flexibility index (Phi) is 8.25. The molecule has 1 amide bonds. The minimum atomic E-state index is -0.781. The van der Waals surface area contributed by atoms with Crippen LogP contribution >= 0.6 is 0 Å². The summed E-state index contributed by atoms with van der Waals surface area (Å²) in [5.74, 6) is 0.259. The summed E-state index contributed by atoms with van der Waals surface area (Å²) in [5, 5.41) is 3.13. The van der Waals surface area contributed by atoms with E-state index in [0.717, 1.165) is 24.8 Å². The topological polar surface area (TPSA) is 106 Å². The molecular weight excluding hydrogens is 556 g/mol. The molecule has 5 rings (SSSR count). The number of fused-ring (bicyclic) bond motifs is 1. The summed E-state index contributed by atoms with van der Waals surface area (Å²) in [6.07, 6.45) is 3.37. The number of aromatic amines is 1. The van der Waals surface area contributed by atoms with Crippen molar-refractivity contribution in [1.82, 2.24) is 19.6 Å². The summed E-state index contributed by atoms with van der Waals surface area (Å²) < 4.78 is 13.6. The van der Waals surface area contributed by atoms with Crippen molar-refractivity contribution in [3.8, 4) is 17.3 Å². The van der Waals surface area contributed by atoms with Gasteiger partial charge in [0.05, 0.1) is 6.57 Å². The van der Waals surface area contributed by atoms with Gasteiger partial charge in [-0.15, -0.1) is 0 Å². The van der Waals surface area contributed by atoms with Gasteiger partial charge in [0, 0.05) is 30.6 Å². The van der Waals surface area contributed by atoms with E-state index >= 15 is 0 Å². The third kappa shape index (κ3) is 5.91. The fourth-order valence-electron chi connectivity index (χ4n) is 6.25. The summed E-state index contributed by atoms with van der Waals surface area (Å²) in [6.45, 7) is 21.2. The van der Waals surface area contributed by atoms with Gasteiger partial charge < -0.3 is 9.47 Å². The van der Waals surface area contributed by atoms with E-state index in [0.29, 0.717) is 11.6 Å². The van der Waals surface area contributed by atoms with Gasteiger partial charge in [0.2, 0.25) is 5.88 Å². The fourth-order valence-corrected chi connectivity index (χ4v) is 6.25. The molecule has 10 heteroatoms. The number of carbonyl (C=O) groups excluding carboxylic acids is 2. The van der Waals surface area contributed by atoms with Gasteiger partial charge in [0.15, 0.2) is 11.5 Å². The minimum Gasteiger partial charge on any atom is -0.459 e. The largest absolute Gasteiger partial charge is 0.459 e. The zero-order valence-electron chi connectivity index (χ0n) is 26.4. The number of aromatic nitrogens is 4. The predicted octanol–water partition coefficient (Wildman–Crippen LogP) is 7.94. The molecule has 3 heterocycles. The number of esters is 1. The molecule has 0 bridgehead atoms. The van der Waals surface area contributed by atoms with Crippen LogP contribution in [0.15, 0.2) is 54.7 Å². The number of pyridine rings is 1. The Labute approximate surface area is 258 Å². The average Bonchev–Trinajstić information content (AvgIpc) is 3.54. The van der Waals surface area contributed by atoms with Gasteiger partial charge >= 0.3 is 12.1 Å². The second kappa shape index (κ2) is 11.8. The lowest BCUT2D eigenvalue weighted by atomic mass is 9.61. The van der Waals surface area contributed by atoms with Crippen LogP contribution < -0.4 is 9.64 Å². The third-order valence-corrected chi connectivity index (χ3v) is 8.62. The molecule has 1 aliphatic rings. The first-order valence-electron chi connectivity index (χ1n) is 15.0. The van der Waals surface area contributed by atoms with E-state index in [9.17, 15) is 9.59 Å². The molecule has 2 atom stereocenters. The summed E-state index contributed by atoms with van der Waals surface area (Å²) in [6, 6.07) is 14.5. The van der Waals surface area contributed by atoms with Crippen molar-refractivity contribution in [3.05, 3.63) is 71.7 Å².